The zero-order valence-corrected chi connectivity index (χ0v) is 12.4. The molecule has 0 aliphatic heterocycles. The molecule has 0 spiro atoms. The minimum atomic E-state index is -0.965. The molecule has 0 heterocycles. The quantitative estimate of drug-likeness (QED) is 0.738. The Kier molecular flexibility index (Phi) is 5.65. The predicted octanol–water partition coefficient (Wildman–Crippen LogP) is 3.10. The molecule has 2 aliphatic carbocycles. The molecular formula is C16H25NO4. The van der Waals surface area contributed by atoms with E-state index in [4.69, 9.17) is 4.74 Å². The first-order valence-corrected chi connectivity index (χ1v) is 7.92. The first-order chi connectivity index (χ1) is 10.1. The monoisotopic (exact) mass is 295 g/mol. The van der Waals surface area contributed by atoms with Gasteiger partial charge in [-0.05, 0) is 50.4 Å². The molecule has 0 aromatic carbocycles. The number of ether oxygens (including phenoxy) is 1. The number of allylic oxidation sites excluding steroid dienone is 1. The molecule has 2 saturated carbocycles. The molecule has 1 amide bonds. The summed E-state index contributed by atoms with van der Waals surface area (Å²) in [5.41, 5.74) is 0. The van der Waals surface area contributed by atoms with Crippen molar-refractivity contribution in [2.45, 2.75) is 63.5 Å². The van der Waals surface area contributed by atoms with E-state index < -0.39 is 18.1 Å². The summed E-state index contributed by atoms with van der Waals surface area (Å²) in [7, 11) is 0. The fraction of sp³-hybridized carbons (Fsp3) is 0.750. The van der Waals surface area contributed by atoms with Gasteiger partial charge < -0.3 is 15.2 Å². The van der Waals surface area contributed by atoms with Gasteiger partial charge in [0.1, 0.15) is 12.1 Å². The van der Waals surface area contributed by atoms with Crippen LogP contribution in [0.15, 0.2) is 12.7 Å². The van der Waals surface area contributed by atoms with Crippen LogP contribution in [0.25, 0.3) is 0 Å². The van der Waals surface area contributed by atoms with Gasteiger partial charge in [-0.1, -0.05) is 18.9 Å². The second-order valence-corrected chi connectivity index (χ2v) is 6.16. The molecule has 118 valence electrons. The van der Waals surface area contributed by atoms with Crippen LogP contribution in [0.3, 0.4) is 0 Å². The Labute approximate surface area is 125 Å². The molecule has 2 N–H and O–H groups in total. The number of hydrogen-bond donors (Lipinski definition) is 2. The van der Waals surface area contributed by atoms with E-state index in [0.717, 1.165) is 51.4 Å². The molecule has 0 bridgehead atoms. The largest absolute Gasteiger partial charge is 0.480 e. The van der Waals surface area contributed by atoms with Gasteiger partial charge in [-0.25, -0.2) is 9.59 Å². The highest BCUT2D eigenvalue weighted by Gasteiger charge is 2.34. The standard InChI is InChI=1S/C16H25NO4/c1-2-6-11-9-5-10-13(11)21-16(20)17-14(15(18)19)12-7-3-4-8-12/h2,11-14H,1,3-10H2,(H,17,20)(H,18,19)/t11-,13?,14+/m1/s1. The average molecular weight is 295 g/mol. The van der Waals surface area contributed by atoms with Gasteiger partial charge in [0, 0.05) is 0 Å². The van der Waals surface area contributed by atoms with Crippen LogP contribution in [0.1, 0.15) is 51.4 Å². The molecule has 2 aliphatic rings. The fourth-order valence-corrected chi connectivity index (χ4v) is 3.61. The summed E-state index contributed by atoms with van der Waals surface area (Å²) in [5.74, 6) is -0.612. The van der Waals surface area contributed by atoms with Crippen molar-refractivity contribution in [1.82, 2.24) is 5.32 Å². The number of carboxylic acid groups (broad SMARTS) is 1. The van der Waals surface area contributed by atoms with Gasteiger partial charge in [0.2, 0.25) is 0 Å². The third-order valence-electron chi connectivity index (χ3n) is 4.73. The number of hydrogen-bond acceptors (Lipinski definition) is 3. The Hall–Kier alpha value is -1.52. The Morgan fingerprint density at radius 3 is 2.57 bits per heavy atom. The summed E-state index contributed by atoms with van der Waals surface area (Å²) < 4.78 is 5.46. The molecule has 21 heavy (non-hydrogen) atoms. The second kappa shape index (κ2) is 7.48. The fourth-order valence-electron chi connectivity index (χ4n) is 3.61. The van der Waals surface area contributed by atoms with Crippen LogP contribution >= 0.6 is 0 Å². The maximum Gasteiger partial charge on any atom is 0.408 e. The summed E-state index contributed by atoms with van der Waals surface area (Å²) in [4.78, 5) is 23.3. The van der Waals surface area contributed by atoms with E-state index >= 15 is 0 Å². The number of nitrogens with one attached hydrogen (secondary N) is 1. The van der Waals surface area contributed by atoms with Crippen LogP contribution in [-0.4, -0.2) is 29.3 Å². The third-order valence-corrected chi connectivity index (χ3v) is 4.73. The zero-order valence-electron chi connectivity index (χ0n) is 12.4. The first kappa shape index (κ1) is 15.9. The molecule has 1 unspecified atom stereocenters. The van der Waals surface area contributed by atoms with E-state index in [1.165, 1.54) is 0 Å². The van der Waals surface area contributed by atoms with Crippen LogP contribution in [0.4, 0.5) is 4.79 Å². The Morgan fingerprint density at radius 2 is 1.95 bits per heavy atom. The van der Waals surface area contributed by atoms with Gasteiger partial charge in [-0.2, -0.15) is 0 Å². The number of rotatable bonds is 6. The maximum absolute atomic E-state index is 12.0. The molecule has 0 aromatic heterocycles. The van der Waals surface area contributed by atoms with Gasteiger partial charge in [0.15, 0.2) is 0 Å². The number of aliphatic carboxylic acids is 1. The summed E-state index contributed by atoms with van der Waals surface area (Å²) >= 11 is 0. The lowest BCUT2D eigenvalue weighted by Gasteiger charge is -2.23. The molecule has 0 aromatic rings. The number of carbonyl (C=O) groups is 2. The van der Waals surface area contributed by atoms with E-state index in [2.05, 4.69) is 11.9 Å². The highest BCUT2D eigenvalue weighted by molar-refractivity contribution is 5.80. The topological polar surface area (TPSA) is 75.6 Å². The van der Waals surface area contributed by atoms with Crippen molar-refractivity contribution in [3.63, 3.8) is 0 Å². The number of carboxylic acids is 1. The molecule has 0 radical (unpaired) electrons. The highest BCUT2D eigenvalue weighted by atomic mass is 16.6. The van der Waals surface area contributed by atoms with Crippen molar-refractivity contribution in [3.05, 3.63) is 12.7 Å². The third kappa shape index (κ3) is 4.22. The number of alkyl carbamates (subject to hydrolysis) is 1. The Balaban J connectivity index is 1.87. The maximum atomic E-state index is 12.0. The van der Waals surface area contributed by atoms with Crippen LogP contribution in [-0.2, 0) is 9.53 Å². The molecule has 5 nitrogen and oxygen atoms in total. The van der Waals surface area contributed by atoms with Crippen molar-refractivity contribution < 1.29 is 19.4 Å². The van der Waals surface area contributed by atoms with Crippen LogP contribution in [0, 0.1) is 11.8 Å². The van der Waals surface area contributed by atoms with Gasteiger partial charge in [0.25, 0.3) is 0 Å². The van der Waals surface area contributed by atoms with Gasteiger partial charge in [-0.15, -0.1) is 6.58 Å². The predicted molar refractivity (Wildman–Crippen MR) is 78.9 cm³/mol. The zero-order chi connectivity index (χ0) is 15.2. The molecular weight excluding hydrogens is 270 g/mol. The van der Waals surface area contributed by atoms with Gasteiger partial charge in [0.05, 0.1) is 0 Å². The summed E-state index contributed by atoms with van der Waals surface area (Å²) in [5, 5.41) is 11.9. The van der Waals surface area contributed by atoms with E-state index in [0.29, 0.717) is 5.92 Å². The lowest BCUT2D eigenvalue weighted by atomic mass is 9.98. The molecule has 3 atom stereocenters. The van der Waals surface area contributed by atoms with E-state index in [1.807, 2.05) is 6.08 Å². The Bertz CT molecular complexity index is 390. The summed E-state index contributed by atoms with van der Waals surface area (Å²) in [6, 6.07) is -0.820. The van der Waals surface area contributed by atoms with Crippen LogP contribution in [0.5, 0.6) is 0 Å². The average Bonchev–Trinajstić information content (AvgIpc) is 3.08. The normalized spacial score (nSPS) is 27.2. The minimum absolute atomic E-state index is 0.0302. The van der Waals surface area contributed by atoms with Crippen molar-refractivity contribution in [1.29, 1.82) is 0 Å². The van der Waals surface area contributed by atoms with Crippen molar-refractivity contribution >= 4 is 12.1 Å². The number of amides is 1. The van der Waals surface area contributed by atoms with Gasteiger partial charge >= 0.3 is 12.1 Å². The minimum Gasteiger partial charge on any atom is -0.480 e. The SMILES string of the molecule is C=CC[C@@H]1CCCC1OC(=O)N[C@H](C(=O)O)C1CCCC1. The highest BCUT2D eigenvalue weighted by Crippen LogP contribution is 2.31. The summed E-state index contributed by atoms with van der Waals surface area (Å²) in [6.45, 7) is 3.73. The molecule has 0 saturated heterocycles. The Morgan fingerprint density at radius 1 is 1.24 bits per heavy atom. The summed E-state index contributed by atoms with van der Waals surface area (Å²) in [6.07, 6.45) is 8.72. The van der Waals surface area contributed by atoms with Crippen LogP contribution < -0.4 is 5.32 Å². The van der Waals surface area contributed by atoms with Crippen LogP contribution in [0.2, 0.25) is 0 Å². The number of carbonyl (C=O) groups excluding carboxylic acids is 1. The van der Waals surface area contributed by atoms with Crippen molar-refractivity contribution in [3.8, 4) is 0 Å². The van der Waals surface area contributed by atoms with Crippen molar-refractivity contribution in [2.24, 2.45) is 11.8 Å². The first-order valence-electron chi connectivity index (χ1n) is 7.92. The second-order valence-electron chi connectivity index (χ2n) is 6.16. The lowest BCUT2D eigenvalue weighted by Crippen LogP contribution is -2.46. The van der Waals surface area contributed by atoms with E-state index in [9.17, 15) is 14.7 Å². The molecule has 5 heteroatoms. The molecule has 2 fully saturated rings. The molecule has 2 rings (SSSR count). The van der Waals surface area contributed by atoms with Crippen molar-refractivity contribution in [2.75, 3.05) is 0 Å². The smallest absolute Gasteiger partial charge is 0.408 e. The van der Waals surface area contributed by atoms with E-state index in [1.54, 1.807) is 0 Å². The lowest BCUT2D eigenvalue weighted by molar-refractivity contribution is -0.140. The van der Waals surface area contributed by atoms with E-state index in [-0.39, 0.29) is 12.0 Å². The van der Waals surface area contributed by atoms with Gasteiger partial charge in [-0.3, -0.25) is 0 Å².